The van der Waals surface area contributed by atoms with Crippen LogP contribution in [0.15, 0.2) is 42.6 Å². The third-order valence-corrected chi connectivity index (χ3v) is 3.96. The number of likely N-dealkylation sites (N-methyl/N-ethyl adjacent to an activating group) is 1. The second-order valence-electron chi connectivity index (χ2n) is 5.62. The van der Waals surface area contributed by atoms with Gasteiger partial charge in [-0.3, -0.25) is 0 Å². The number of hydrogen-bond acceptors (Lipinski definition) is 3. The van der Waals surface area contributed by atoms with Crippen molar-refractivity contribution in [3.63, 3.8) is 0 Å². The molecular formula is C17H20FN3. The first-order chi connectivity index (χ1) is 10.2. The van der Waals surface area contributed by atoms with Gasteiger partial charge in [0.25, 0.3) is 0 Å². The van der Waals surface area contributed by atoms with Gasteiger partial charge in [0.05, 0.1) is 0 Å². The third-order valence-electron chi connectivity index (χ3n) is 3.96. The van der Waals surface area contributed by atoms with Crippen LogP contribution in [-0.4, -0.2) is 43.1 Å². The highest BCUT2D eigenvalue weighted by atomic mass is 19.1. The molecule has 0 atom stereocenters. The van der Waals surface area contributed by atoms with Crippen molar-refractivity contribution in [1.82, 2.24) is 9.88 Å². The Bertz CT molecular complexity index is 572. The summed E-state index contributed by atoms with van der Waals surface area (Å²) in [5.41, 5.74) is 2.25. The second-order valence-corrected chi connectivity index (χ2v) is 5.62. The number of hydrogen-bond donors (Lipinski definition) is 0. The van der Waals surface area contributed by atoms with Crippen LogP contribution in [0.5, 0.6) is 0 Å². The fraction of sp³-hybridized carbons (Fsp3) is 0.353. The molecule has 2 aromatic rings. The summed E-state index contributed by atoms with van der Waals surface area (Å²) in [6, 6.07) is 10.9. The molecule has 0 radical (unpaired) electrons. The number of benzene rings is 1. The number of nitrogens with zero attached hydrogens (tertiary/aromatic N) is 3. The monoisotopic (exact) mass is 285 g/mol. The average Bonchev–Trinajstić information content (AvgIpc) is 2.51. The molecule has 2 heterocycles. The van der Waals surface area contributed by atoms with Crippen LogP contribution in [0.1, 0.15) is 11.1 Å². The lowest BCUT2D eigenvalue weighted by molar-refractivity contribution is 0.312. The summed E-state index contributed by atoms with van der Waals surface area (Å²) in [5.74, 6) is 0.855. The Morgan fingerprint density at radius 2 is 1.62 bits per heavy atom. The first kappa shape index (κ1) is 14.0. The summed E-state index contributed by atoms with van der Waals surface area (Å²) in [6.07, 6.45) is 2.72. The Kier molecular flexibility index (Phi) is 4.15. The maximum atomic E-state index is 12.9. The van der Waals surface area contributed by atoms with Gasteiger partial charge in [-0.25, -0.2) is 9.37 Å². The van der Waals surface area contributed by atoms with E-state index < -0.39 is 0 Å². The van der Waals surface area contributed by atoms with E-state index in [1.54, 1.807) is 0 Å². The lowest BCUT2D eigenvalue weighted by Gasteiger charge is -2.33. The van der Waals surface area contributed by atoms with Crippen LogP contribution in [0.2, 0.25) is 0 Å². The van der Waals surface area contributed by atoms with Gasteiger partial charge >= 0.3 is 0 Å². The van der Waals surface area contributed by atoms with Gasteiger partial charge in [0, 0.05) is 32.4 Å². The van der Waals surface area contributed by atoms with Crippen LogP contribution in [0.3, 0.4) is 0 Å². The lowest BCUT2D eigenvalue weighted by atomic mass is 10.1. The van der Waals surface area contributed by atoms with Gasteiger partial charge in [0.15, 0.2) is 0 Å². The van der Waals surface area contributed by atoms with Gasteiger partial charge in [-0.15, -0.1) is 0 Å². The summed E-state index contributed by atoms with van der Waals surface area (Å²) >= 11 is 0. The van der Waals surface area contributed by atoms with Crippen molar-refractivity contribution in [2.75, 3.05) is 38.1 Å². The largest absolute Gasteiger partial charge is 0.354 e. The fourth-order valence-electron chi connectivity index (χ4n) is 2.58. The van der Waals surface area contributed by atoms with E-state index in [-0.39, 0.29) is 5.82 Å². The zero-order valence-corrected chi connectivity index (χ0v) is 12.3. The molecule has 1 saturated heterocycles. The predicted molar refractivity (Wildman–Crippen MR) is 83.2 cm³/mol. The molecule has 4 heteroatoms. The Balaban J connectivity index is 1.65. The molecule has 110 valence electrons. The van der Waals surface area contributed by atoms with Crippen LogP contribution in [0.4, 0.5) is 10.2 Å². The zero-order chi connectivity index (χ0) is 14.7. The van der Waals surface area contributed by atoms with Gasteiger partial charge < -0.3 is 9.80 Å². The Labute approximate surface area is 125 Å². The van der Waals surface area contributed by atoms with E-state index in [1.165, 1.54) is 12.1 Å². The van der Waals surface area contributed by atoms with Gasteiger partial charge in [0.1, 0.15) is 11.6 Å². The lowest BCUT2D eigenvalue weighted by Crippen LogP contribution is -2.44. The molecule has 0 bridgehead atoms. The molecule has 0 N–H and O–H groups in total. The molecule has 0 aliphatic carbocycles. The van der Waals surface area contributed by atoms with Crippen molar-refractivity contribution in [2.24, 2.45) is 0 Å². The first-order valence-corrected chi connectivity index (χ1v) is 7.33. The Hall–Kier alpha value is -1.94. The van der Waals surface area contributed by atoms with E-state index >= 15 is 0 Å². The van der Waals surface area contributed by atoms with E-state index in [1.807, 2.05) is 18.3 Å². The molecule has 3 rings (SSSR count). The molecule has 1 aromatic heterocycles. The predicted octanol–water partition coefficient (Wildman–Crippen LogP) is 2.56. The third kappa shape index (κ3) is 3.58. The Morgan fingerprint density at radius 3 is 2.24 bits per heavy atom. The highest BCUT2D eigenvalue weighted by Gasteiger charge is 2.14. The van der Waals surface area contributed by atoms with Gasteiger partial charge in [0.2, 0.25) is 0 Å². The van der Waals surface area contributed by atoms with E-state index in [0.717, 1.165) is 49.5 Å². The van der Waals surface area contributed by atoms with Gasteiger partial charge in [-0.2, -0.15) is 0 Å². The molecule has 1 aliphatic rings. The molecule has 3 nitrogen and oxygen atoms in total. The molecule has 1 aliphatic heterocycles. The molecule has 0 unspecified atom stereocenters. The number of anilines is 1. The van der Waals surface area contributed by atoms with E-state index in [0.29, 0.717) is 0 Å². The molecule has 0 saturated carbocycles. The average molecular weight is 285 g/mol. The number of pyridine rings is 1. The smallest absolute Gasteiger partial charge is 0.128 e. The fourth-order valence-corrected chi connectivity index (χ4v) is 2.58. The van der Waals surface area contributed by atoms with Crippen molar-refractivity contribution in [3.05, 3.63) is 59.5 Å². The second kappa shape index (κ2) is 6.22. The van der Waals surface area contributed by atoms with Gasteiger partial charge in [-0.05, 0) is 42.8 Å². The number of rotatable bonds is 3. The molecule has 21 heavy (non-hydrogen) atoms. The minimum atomic E-state index is -0.192. The molecular weight excluding hydrogens is 265 g/mol. The Morgan fingerprint density at radius 1 is 0.952 bits per heavy atom. The van der Waals surface area contributed by atoms with Crippen molar-refractivity contribution in [3.8, 4) is 0 Å². The van der Waals surface area contributed by atoms with Crippen LogP contribution in [0.25, 0.3) is 0 Å². The van der Waals surface area contributed by atoms with Crippen molar-refractivity contribution in [2.45, 2.75) is 6.42 Å². The standard InChI is InChI=1S/C17H20FN3/c1-20-8-10-21(11-9-20)17-7-4-15(13-19-17)12-14-2-5-16(18)6-3-14/h2-7,13H,8-12H2,1H3. The number of aromatic nitrogens is 1. The highest BCUT2D eigenvalue weighted by molar-refractivity contribution is 5.40. The summed E-state index contributed by atoms with van der Waals surface area (Å²) in [4.78, 5) is 9.23. The first-order valence-electron chi connectivity index (χ1n) is 7.33. The SMILES string of the molecule is CN1CCN(c2ccc(Cc3ccc(F)cc3)cn2)CC1. The molecule has 1 fully saturated rings. The molecule has 1 aromatic carbocycles. The van der Waals surface area contributed by atoms with Crippen molar-refractivity contribution >= 4 is 5.82 Å². The van der Waals surface area contributed by atoms with E-state index in [9.17, 15) is 4.39 Å². The minimum absolute atomic E-state index is 0.192. The maximum Gasteiger partial charge on any atom is 0.128 e. The highest BCUT2D eigenvalue weighted by Crippen LogP contribution is 2.16. The maximum absolute atomic E-state index is 12.9. The zero-order valence-electron chi connectivity index (χ0n) is 12.3. The van der Waals surface area contributed by atoms with E-state index in [2.05, 4.69) is 34.0 Å². The number of halogens is 1. The minimum Gasteiger partial charge on any atom is -0.354 e. The summed E-state index contributed by atoms with van der Waals surface area (Å²) in [5, 5.41) is 0. The number of piperazine rings is 1. The van der Waals surface area contributed by atoms with Gasteiger partial charge in [-0.1, -0.05) is 18.2 Å². The molecule has 0 spiro atoms. The quantitative estimate of drug-likeness (QED) is 0.864. The van der Waals surface area contributed by atoms with Crippen LogP contribution in [0, 0.1) is 5.82 Å². The van der Waals surface area contributed by atoms with Crippen LogP contribution >= 0.6 is 0 Å². The normalized spacial score (nSPS) is 16.2. The topological polar surface area (TPSA) is 19.4 Å². The van der Waals surface area contributed by atoms with Crippen molar-refractivity contribution < 1.29 is 4.39 Å². The van der Waals surface area contributed by atoms with Crippen LogP contribution < -0.4 is 4.90 Å². The van der Waals surface area contributed by atoms with Crippen molar-refractivity contribution in [1.29, 1.82) is 0 Å². The van der Waals surface area contributed by atoms with Crippen LogP contribution in [-0.2, 0) is 6.42 Å². The van der Waals surface area contributed by atoms with E-state index in [4.69, 9.17) is 0 Å². The summed E-state index contributed by atoms with van der Waals surface area (Å²) in [6.45, 7) is 4.22. The summed E-state index contributed by atoms with van der Waals surface area (Å²) < 4.78 is 12.9. The molecule has 0 amide bonds. The summed E-state index contributed by atoms with van der Waals surface area (Å²) in [7, 11) is 2.15.